The number of anilines is 1. The number of benzene rings is 2. The van der Waals surface area contributed by atoms with E-state index in [1.165, 1.54) is 24.3 Å². The van der Waals surface area contributed by atoms with Gasteiger partial charge in [0.15, 0.2) is 0 Å². The standard InChI is InChI=1S/C19H14ClNO5/c20-16-7-5-13(9-15(16)19(24)25)21-10-14-6-8-17(26-14)11-1-3-12(4-2-11)18(22)23/h1-9,21H,10H2,(H,22,23)(H,24,25). The quantitative estimate of drug-likeness (QED) is 0.585. The summed E-state index contributed by atoms with van der Waals surface area (Å²) < 4.78 is 5.74. The van der Waals surface area contributed by atoms with Crippen LogP contribution in [0.3, 0.4) is 0 Å². The molecule has 3 rings (SSSR count). The van der Waals surface area contributed by atoms with E-state index in [9.17, 15) is 9.59 Å². The molecule has 0 fully saturated rings. The fourth-order valence-electron chi connectivity index (χ4n) is 2.39. The molecule has 3 N–H and O–H groups in total. The summed E-state index contributed by atoms with van der Waals surface area (Å²) in [7, 11) is 0. The first-order chi connectivity index (χ1) is 12.4. The number of nitrogens with one attached hydrogen (secondary N) is 1. The van der Waals surface area contributed by atoms with Gasteiger partial charge in [0.1, 0.15) is 11.5 Å². The van der Waals surface area contributed by atoms with E-state index in [1.54, 1.807) is 30.3 Å². The van der Waals surface area contributed by atoms with Crippen molar-refractivity contribution in [1.29, 1.82) is 0 Å². The molecule has 0 unspecified atom stereocenters. The van der Waals surface area contributed by atoms with E-state index in [1.807, 2.05) is 0 Å². The zero-order valence-electron chi connectivity index (χ0n) is 13.4. The normalized spacial score (nSPS) is 10.5. The first-order valence-corrected chi connectivity index (χ1v) is 8.01. The van der Waals surface area contributed by atoms with Crippen molar-refractivity contribution in [3.8, 4) is 11.3 Å². The topological polar surface area (TPSA) is 99.8 Å². The van der Waals surface area contributed by atoms with Crippen LogP contribution >= 0.6 is 11.6 Å². The predicted octanol–water partition coefficient (Wildman–Crippen LogP) is 4.61. The van der Waals surface area contributed by atoms with Gasteiger partial charge in [-0.05, 0) is 42.5 Å². The van der Waals surface area contributed by atoms with Crippen LogP contribution in [0.5, 0.6) is 0 Å². The molecule has 7 heteroatoms. The highest BCUT2D eigenvalue weighted by Gasteiger charge is 2.10. The average Bonchev–Trinajstić information content (AvgIpc) is 3.10. The SMILES string of the molecule is O=C(O)c1ccc(-c2ccc(CNc3ccc(Cl)c(C(=O)O)c3)o2)cc1. The zero-order chi connectivity index (χ0) is 18.7. The van der Waals surface area contributed by atoms with E-state index in [-0.39, 0.29) is 16.1 Å². The molecule has 0 saturated carbocycles. The highest BCUT2D eigenvalue weighted by atomic mass is 35.5. The highest BCUT2D eigenvalue weighted by molar-refractivity contribution is 6.33. The van der Waals surface area contributed by atoms with Gasteiger partial charge >= 0.3 is 11.9 Å². The summed E-state index contributed by atoms with van der Waals surface area (Å²) in [5.41, 5.74) is 1.60. The minimum absolute atomic E-state index is 0.0234. The number of furan rings is 1. The van der Waals surface area contributed by atoms with Crippen molar-refractivity contribution >= 4 is 29.2 Å². The van der Waals surface area contributed by atoms with Crippen LogP contribution in [0.2, 0.25) is 5.02 Å². The number of aromatic carboxylic acids is 2. The molecule has 0 amide bonds. The predicted molar refractivity (Wildman–Crippen MR) is 96.8 cm³/mol. The van der Waals surface area contributed by atoms with E-state index >= 15 is 0 Å². The maximum Gasteiger partial charge on any atom is 0.337 e. The molecule has 0 aliphatic heterocycles. The van der Waals surface area contributed by atoms with E-state index in [4.69, 9.17) is 26.2 Å². The molecule has 0 aliphatic rings. The van der Waals surface area contributed by atoms with Crippen LogP contribution in [-0.2, 0) is 6.54 Å². The number of hydrogen-bond acceptors (Lipinski definition) is 4. The van der Waals surface area contributed by atoms with Crippen molar-refractivity contribution in [1.82, 2.24) is 0 Å². The van der Waals surface area contributed by atoms with Crippen LogP contribution in [-0.4, -0.2) is 22.2 Å². The largest absolute Gasteiger partial charge is 0.478 e. The van der Waals surface area contributed by atoms with Crippen LogP contribution in [0.4, 0.5) is 5.69 Å². The third kappa shape index (κ3) is 3.87. The first-order valence-electron chi connectivity index (χ1n) is 7.63. The molecule has 1 heterocycles. The summed E-state index contributed by atoms with van der Waals surface area (Å²) in [4.78, 5) is 22.0. The molecule has 132 valence electrons. The summed E-state index contributed by atoms with van der Waals surface area (Å²) >= 11 is 5.85. The van der Waals surface area contributed by atoms with Crippen molar-refractivity contribution in [2.45, 2.75) is 6.54 Å². The van der Waals surface area contributed by atoms with Crippen molar-refractivity contribution < 1.29 is 24.2 Å². The van der Waals surface area contributed by atoms with Crippen molar-refractivity contribution in [2.24, 2.45) is 0 Å². The Kier molecular flexibility index (Phi) is 4.95. The summed E-state index contributed by atoms with van der Waals surface area (Å²) in [6, 6.07) is 14.6. The number of carbonyl (C=O) groups is 2. The van der Waals surface area contributed by atoms with E-state index in [0.29, 0.717) is 23.8 Å². The Morgan fingerprint density at radius 2 is 1.69 bits per heavy atom. The molecule has 0 atom stereocenters. The molecule has 2 aromatic carbocycles. The second-order valence-corrected chi connectivity index (χ2v) is 5.91. The van der Waals surface area contributed by atoms with Gasteiger partial charge in [-0.1, -0.05) is 23.7 Å². The number of rotatable bonds is 6. The smallest absolute Gasteiger partial charge is 0.337 e. The fraction of sp³-hybridized carbons (Fsp3) is 0.0526. The molecule has 6 nitrogen and oxygen atoms in total. The summed E-state index contributed by atoms with van der Waals surface area (Å²) in [5, 5.41) is 21.3. The van der Waals surface area contributed by atoms with Gasteiger partial charge in [-0.25, -0.2) is 9.59 Å². The van der Waals surface area contributed by atoms with Gasteiger partial charge in [0.25, 0.3) is 0 Å². The Morgan fingerprint density at radius 3 is 2.35 bits per heavy atom. The third-order valence-electron chi connectivity index (χ3n) is 3.74. The molecule has 0 aliphatic carbocycles. The number of carboxylic acids is 2. The summed E-state index contributed by atoms with van der Waals surface area (Å²) in [5.74, 6) is -0.816. The molecule has 0 bridgehead atoms. The lowest BCUT2D eigenvalue weighted by Crippen LogP contribution is -2.02. The molecular formula is C19H14ClNO5. The molecule has 3 aromatic rings. The summed E-state index contributed by atoms with van der Waals surface area (Å²) in [6.07, 6.45) is 0. The molecule has 1 aromatic heterocycles. The molecule has 26 heavy (non-hydrogen) atoms. The lowest BCUT2D eigenvalue weighted by Gasteiger charge is -2.07. The lowest BCUT2D eigenvalue weighted by atomic mass is 10.1. The van der Waals surface area contributed by atoms with Crippen molar-refractivity contribution in [2.75, 3.05) is 5.32 Å². The number of hydrogen-bond donors (Lipinski definition) is 3. The molecule has 0 spiro atoms. The van der Waals surface area contributed by atoms with Crippen LogP contribution in [0, 0.1) is 0 Å². The molecule has 0 radical (unpaired) electrons. The minimum Gasteiger partial charge on any atom is -0.478 e. The average molecular weight is 372 g/mol. The van der Waals surface area contributed by atoms with Crippen molar-refractivity contribution in [3.63, 3.8) is 0 Å². The van der Waals surface area contributed by atoms with Gasteiger partial charge in [0, 0.05) is 11.3 Å². The van der Waals surface area contributed by atoms with Gasteiger partial charge in [0.05, 0.1) is 22.7 Å². The Morgan fingerprint density at radius 1 is 0.962 bits per heavy atom. The second kappa shape index (κ2) is 7.33. The zero-order valence-corrected chi connectivity index (χ0v) is 14.2. The van der Waals surface area contributed by atoms with E-state index in [2.05, 4.69) is 5.32 Å². The van der Waals surface area contributed by atoms with Gasteiger partial charge in [-0.3, -0.25) is 0 Å². The Balaban J connectivity index is 1.70. The van der Waals surface area contributed by atoms with Gasteiger partial charge in [-0.2, -0.15) is 0 Å². The molecule has 0 saturated heterocycles. The monoisotopic (exact) mass is 371 g/mol. The van der Waals surface area contributed by atoms with Crippen LogP contribution < -0.4 is 5.32 Å². The third-order valence-corrected chi connectivity index (χ3v) is 4.07. The second-order valence-electron chi connectivity index (χ2n) is 5.50. The Bertz CT molecular complexity index is 962. The minimum atomic E-state index is -1.09. The maximum atomic E-state index is 11.1. The number of halogens is 1. The van der Waals surface area contributed by atoms with E-state index < -0.39 is 11.9 Å². The number of carboxylic acid groups (broad SMARTS) is 2. The first kappa shape index (κ1) is 17.6. The van der Waals surface area contributed by atoms with Crippen LogP contribution in [0.15, 0.2) is 59.0 Å². The lowest BCUT2D eigenvalue weighted by molar-refractivity contribution is 0.0686. The summed E-state index contributed by atoms with van der Waals surface area (Å²) in [6.45, 7) is 0.355. The molecular weight excluding hydrogens is 358 g/mol. The fourth-order valence-corrected chi connectivity index (χ4v) is 2.59. The van der Waals surface area contributed by atoms with Gasteiger partial charge < -0.3 is 19.9 Å². The maximum absolute atomic E-state index is 11.1. The van der Waals surface area contributed by atoms with Crippen LogP contribution in [0.25, 0.3) is 11.3 Å². The van der Waals surface area contributed by atoms with Crippen molar-refractivity contribution in [3.05, 3.63) is 76.5 Å². The Hall–Kier alpha value is -3.25. The Labute approximate surface area is 153 Å². The van der Waals surface area contributed by atoms with Gasteiger partial charge in [0.2, 0.25) is 0 Å². The van der Waals surface area contributed by atoms with Crippen LogP contribution in [0.1, 0.15) is 26.5 Å². The van der Waals surface area contributed by atoms with E-state index in [0.717, 1.165) is 5.56 Å². The highest BCUT2D eigenvalue weighted by Crippen LogP contribution is 2.24. The van der Waals surface area contributed by atoms with Gasteiger partial charge in [-0.15, -0.1) is 0 Å².